The molecule has 20 heteroatoms. The standard InChI is InChI=1S/C94H178N16O4/c1-25-31-37-39-43-53-65-111-107-87(7,8)69-76(70-88(107,9)10)105(84-96-81(101(23)59-33-27-3)95-82(97-84)102(24)75-67-91(15,16)109(92(17,18)68-75)113-79-55-47-45-48-56-79)63-51-41-42-52-64-106(77-71-89(11,12)108(90(13,14)72-77)112-66-54-44-40-38-32-26-2)86-99-83(103(60-34-28-4)61-35-29-5)98-85(100-86)104(62-36-30-6)78-73-93(19,20)110(94(21,22)74-78)114-80-57-49-46-50-58-80/h75-80H,25-74H2,1-24H3. The summed E-state index contributed by atoms with van der Waals surface area (Å²) in [7, 11) is 4.45. The van der Waals surface area contributed by atoms with Gasteiger partial charge in [-0.1, -0.05) is 183 Å². The lowest BCUT2D eigenvalue weighted by Crippen LogP contribution is -2.65. The number of piperidine rings is 4. The molecule has 4 aliphatic heterocycles. The van der Waals surface area contributed by atoms with E-state index in [0.29, 0.717) is 0 Å². The molecule has 114 heavy (non-hydrogen) atoms. The third-order valence-electron chi connectivity index (χ3n) is 26.8. The summed E-state index contributed by atoms with van der Waals surface area (Å²) in [6, 6.07) is 0.686. The van der Waals surface area contributed by atoms with Crippen molar-refractivity contribution in [1.29, 1.82) is 0 Å². The fourth-order valence-corrected chi connectivity index (χ4v) is 21.6. The first-order chi connectivity index (χ1) is 54.1. The molecule has 0 unspecified atom stereocenters. The molecule has 6 aliphatic rings. The number of rotatable bonds is 49. The molecule has 4 saturated heterocycles. The summed E-state index contributed by atoms with van der Waals surface area (Å²) in [5.41, 5.74) is -1.88. The maximum absolute atomic E-state index is 7.18. The van der Waals surface area contributed by atoms with Gasteiger partial charge in [0.25, 0.3) is 0 Å². The summed E-state index contributed by atoms with van der Waals surface area (Å²) in [5.74, 6) is 4.83. The highest BCUT2D eigenvalue weighted by atomic mass is 16.7. The minimum atomic E-state index is -0.261. The molecule has 658 valence electrons. The zero-order chi connectivity index (χ0) is 83.1. The van der Waals surface area contributed by atoms with Gasteiger partial charge in [-0.05, 0) is 239 Å². The molecule has 0 N–H and O–H groups in total. The Morgan fingerprint density at radius 1 is 0.281 bits per heavy atom. The van der Waals surface area contributed by atoms with Crippen LogP contribution in [0.5, 0.6) is 0 Å². The van der Waals surface area contributed by atoms with Gasteiger partial charge in [-0.15, -0.1) is 0 Å². The lowest BCUT2D eigenvalue weighted by Gasteiger charge is -2.56. The van der Waals surface area contributed by atoms with Gasteiger partial charge in [-0.2, -0.15) is 50.2 Å². The van der Waals surface area contributed by atoms with Gasteiger partial charge in [-0.25, -0.2) is 0 Å². The second-order valence-corrected chi connectivity index (χ2v) is 41.8. The molecule has 6 fully saturated rings. The molecule has 0 aromatic carbocycles. The minimum absolute atomic E-state index is 0.150. The Bertz CT molecular complexity index is 2980. The van der Waals surface area contributed by atoms with Crippen LogP contribution in [0, 0.1) is 0 Å². The maximum atomic E-state index is 7.18. The molecule has 8 rings (SSSR count). The van der Waals surface area contributed by atoms with E-state index in [-0.39, 0.29) is 80.7 Å². The van der Waals surface area contributed by atoms with E-state index in [4.69, 9.17) is 49.3 Å². The summed E-state index contributed by atoms with van der Waals surface area (Å²) in [4.78, 5) is 78.0. The predicted octanol–water partition coefficient (Wildman–Crippen LogP) is 22.8. The van der Waals surface area contributed by atoms with Crippen LogP contribution in [0.3, 0.4) is 0 Å². The van der Waals surface area contributed by atoms with Gasteiger partial charge >= 0.3 is 0 Å². The van der Waals surface area contributed by atoms with Crippen molar-refractivity contribution in [3.8, 4) is 0 Å². The van der Waals surface area contributed by atoms with E-state index < -0.39 is 0 Å². The highest BCUT2D eigenvalue weighted by Gasteiger charge is 2.54. The van der Waals surface area contributed by atoms with Crippen LogP contribution >= 0.6 is 0 Å². The van der Waals surface area contributed by atoms with Crippen molar-refractivity contribution in [2.24, 2.45) is 0 Å². The third kappa shape index (κ3) is 27.0. The van der Waals surface area contributed by atoms with Crippen LogP contribution in [0.25, 0.3) is 0 Å². The number of hydroxylamine groups is 8. The van der Waals surface area contributed by atoms with E-state index in [1.165, 1.54) is 103 Å². The number of nitrogens with zero attached hydrogens (tertiary/aromatic N) is 16. The molecule has 0 bridgehead atoms. The van der Waals surface area contributed by atoms with Gasteiger partial charge in [0.05, 0.1) is 25.4 Å². The van der Waals surface area contributed by atoms with Crippen LogP contribution in [0.1, 0.15) is 422 Å². The number of anilines is 6. The Balaban J connectivity index is 1.16. The fraction of sp³-hybridized carbons (Fsp3) is 0.936. The molecule has 0 amide bonds. The van der Waals surface area contributed by atoms with Crippen molar-refractivity contribution in [3.63, 3.8) is 0 Å². The van der Waals surface area contributed by atoms with E-state index in [0.717, 1.165) is 255 Å². The Morgan fingerprint density at radius 3 is 0.921 bits per heavy atom. The molecule has 20 nitrogen and oxygen atoms in total. The zero-order valence-electron chi connectivity index (χ0n) is 78.6. The Morgan fingerprint density at radius 2 is 0.553 bits per heavy atom. The fourth-order valence-electron chi connectivity index (χ4n) is 21.6. The lowest BCUT2D eigenvalue weighted by atomic mass is 9.78. The van der Waals surface area contributed by atoms with E-state index in [2.05, 4.69) is 216 Å². The first-order valence-corrected chi connectivity index (χ1v) is 47.9. The quantitative estimate of drug-likeness (QED) is 0.0578. The highest BCUT2D eigenvalue weighted by Crippen LogP contribution is 2.48. The second-order valence-electron chi connectivity index (χ2n) is 41.8. The van der Waals surface area contributed by atoms with E-state index >= 15 is 0 Å². The first kappa shape index (κ1) is 96.0. The number of unbranched alkanes of at least 4 members (excludes halogenated alkanes) is 17. The topological polar surface area (TPSA) is 147 Å². The predicted molar refractivity (Wildman–Crippen MR) is 480 cm³/mol. The van der Waals surface area contributed by atoms with Crippen LogP contribution in [0.15, 0.2) is 0 Å². The van der Waals surface area contributed by atoms with Crippen molar-refractivity contribution in [3.05, 3.63) is 0 Å². The first-order valence-electron chi connectivity index (χ1n) is 47.9. The summed E-state index contributed by atoms with van der Waals surface area (Å²) >= 11 is 0. The van der Waals surface area contributed by atoms with Gasteiger partial charge in [0.2, 0.25) is 35.7 Å². The van der Waals surface area contributed by atoms with Crippen molar-refractivity contribution >= 4 is 35.7 Å². The lowest BCUT2D eigenvalue weighted by molar-refractivity contribution is -0.310. The van der Waals surface area contributed by atoms with Crippen LogP contribution in [-0.4, -0.2) is 197 Å². The number of hydrogen-bond acceptors (Lipinski definition) is 20. The molecule has 0 atom stereocenters. The molecule has 2 saturated carbocycles. The largest absolute Gasteiger partial charge is 0.344 e. The average Bonchev–Trinajstić information content (AvgIpc) is 0.765. The minimum Gasteiger partial charge on any atom is -0.344 e. The van der Waals surface area contributed by atoms with Crippen LogP contribution in [0.4, 0.5) is 35.7 Å². The average molecular weight is 1600 g/mol. The zero-order valence-corrected chi connectivity index (χ0v) is 78.6. The summed E-state index contributed by atoms with van der Waals surface area (Å²) in [5, 5.41) is 9.62. The summed E-state index contributed by atoms with van der Waals surface area (Å²) < 4.78 is 0. The SMILES string of the molecule is CCCCCCCCON1C(C)(C)CC(N(CCCCCCN(c2nc(N(CCCC)CCCC)nc(N(CCCC)C3CC(C)(C)N(OC4CCCCC4)C(C)(C)C3)n2)C2CC(C)(C)N(OCCCCCCCC)C(C)(C)C2)c2nc(N(C)CCCC)nc(N(C)C3CC(C)(C)N(OC4CCCCC4)C(C)(C)C3)n2)CC1(C)C. The van der Waals surface area contributed by atoms with E-state index in [9.17, 15) is 0 Å². The smallest absolute Gasteiger partial charge is 0.232 e. The monoisotopic (exact) mass is 1600 g/mol. The summed E-state index contributed by atoms with van der Waals surface area (Å²) in [6.45, 7) is 59.3. The van der Waals surface area contributed by atoms with Gasteiger partial charge < -0.3 is 29.4 Å². The Hall–Kier alpha value is -3.50. The van der Waals surface area contributed by atoms with Crippen molar-refractivity contribution in [1.82, 2.24) is 50.2 Å². The molecular formula is C94H178N16O4. The Kier molecular flexibility index (Phi) is 37.3. The maximum Gasteiger partial charge on any atom is 0.232 e. The van der Waals surface area contributed by atoms with Crippen LogP contribution < -0.4 is 29.4 Å². The summed E-state index contributed by atoms with van der Waals surface area (Å²) in [6.07, 6.45) is 47.9. The number of hydrogen-bond donors (Lipinski definition) is 0. The molecule has 2 aromatic heterocycles. The van der Waals surface area contributed by atoms with Crippen LogP contribution in [-0.2, 0) is 19.4 Å². The molecule has 2 aromatic rings. The molecule has 2 aliphatic carbocycles. The molecule has 6 heterocycles. The third-order valence-corrected chi connectivity index (χ3v) is 26.8. The molecular weight excluding hydrogens is 1420 g/mol. The van der Waals surface area contributed by atoms with Gasteiger partial charge in [0, 0.05) is 122 Å². The van der Waals surface area contributed by atoms with Gasteiger partial charge in [0.15, 0.2) is 0 Å². The highest BCUT2D eigenvalue weighted by molar-refractivity contribution is 5.50. The normalized spacial score (nSPS) is 22.0. The van der Waals surface area contributed by atoms with Crippen molar-refractivity contribution < 1.29 is 19.4 Å². The molecule has 0 radical (unpaired) electrons. The van der Waals surface area contributed by atoms with Crippen molar-refractivity contribution in [2.75, 3.05) is 96.0 Å². The van der Waals surface area contributed by atoms with Crippen molar-refractivity contribution in [2.45, 2.75) is 503 Å². The van der Waals surface area contributed by atoms with Gasteiger partial charge in [-0.3, -0.25) is 19.4 Å². The number of aromatic nitrogens is 6. The van der Waals surface area contributed by atoms with Gasteiger partial charge in [0.1, 0.15) is 0 Å². The second kappa shape index (κ2) is 44.3. The van der Waals surface area contributed by atoms with E-state index in [1.807, 2.05) is 0 Å². The van der Waals surface area contributed by atoms with E-state index in [1.54, 1.807) is 0 Å². The van der Waals surface area contributed by atoms with Crippen LogP contribution in [0.2, 0.25) is 0 Å². The Labute approximate surface area is 700 Å². The molecule has 0 spiro atoms.